The summed E-state index contributed by atoms with van der Waals surface area (Å²) in [5.41, 5.74) is 1.17. The van der Waals surface area contributed by atoms with Crippen molar-refractivity contribution in [3.05, 3.63) is 23.8 Å². The van der Waals surface area contributed by atoms with Crippen LogP contribution < -0.4 is 20.1 Å². The second kappa shape index (κ2) is 9.82. The fraction of sp³-hybridized carbons (Fsp3) is 0.562. The van der Waals surface area contributed by atoms with E-state index in [0.29, 0.717) is 0 Å². The Labute approximate surface area is 155 Å². The molecule has 0 saturated carbocycles. The van der Waals surface area contributed by atoms with Crippen molar-refractivity contribution < 1.29 is 9.47 Å². The first kappa shape index (κ1) is 19.8. The van der Waals surface area contributed by atoms with Gasteiger partial charge in [-0.05, 0) is 38.2 Å². The molecule has 1 aliphatic heterocycles. The van der Waals surface area contributed by atoms with Crippen LogP contribution in [0.5, 0.6) is 11.5 Å². The van der Waals surface area contributed by atoms with E-state index >= 15 is 0 Å². The molecule has 130 valence electrons. The lowest BCUT2D eigenvalue weighted by Crippen LogP contribution is -2.44. The van der Waals surface area contributed by atoms with Crippen LogP contribution in [0.1, 0.15) is 18.0 Å². The topological polar surface area (TPSA) is 58.1 Å². The van der Waals surface area contributed by atoms with Crippen molar-refractivity contribution >= 4 is 29.9 Å². The highest BCUT2D eigenvalue weighted by atomic mass is 127. The number of halogens is 1. The monoisotopic (exact) mass is 434 g/mol. The second-order valence-electron chi connectivity index (χ2n) is 5.49. The molecule has 0 fully saturated rings. The first-order valence-electron chi connectivity index (χ1n) is 7.56. The number of hydrogen-bond donors (Lipinski definition) is 2. The molecule has 1 aromatic rings. The van der Waals surface area contributed by atoms with Gasteiger partial charge < -0.3 is 25.0 Å². The van der Waals surface area contributed by atoms with Crippen LogP contribution in [0.4, 0.5) is 0 Å². The van der Waals surface area contributed by atoms with Gasteiger partial charge in [-0.2, -0.15) is 0 Å². The van der Waals surface area contributed by atoms with Crippen molar-refractivity contribution in [2.75, 3.05) is 47.9 Å². The number of ether oxygens (including phenoxy) is 2. The van der Waals surface area contributed by atoms with Gasteiger partial charge in [-0.25, -0.2) is 0 Å². The Kier molecular flexibility index (Phi) is 8.46. The van der Waals surface area contributed by atoms with Crippen molar-refractivity contribution in [1.82, 2.24) is 15.5 Å². The fourth-order valence-electron chi connectivity index (χ4n) is 2.50. The number of guanidine groups is 1. The summed E-state index contributed by atoms with van der Waals surface area (Å²) in [4.78, 5) is 6.62. The number of aliphatic imine (C=N–C) groups is 1. The highest BCUT2D eigenvalue weighted by Gasteiger charge is 2.17. The van der Waals surface area contributed by atoms with E-state index in [2.05, 4.69) is 40.7 Å². The van der Waals surface area contributed by atoms with Crippen molar-refractivity contribution in [1.29, 1.82) is 0 Å². The third-order valence-corrected chi connectivity index (χ3v) is 3.78. The smallest absolute Gasteiger partial charge is 0.191 e. The quantitative estimate of drug-likeness (QED) is 0.670. The molecule has 2 rings (SSSR count). The van der Waals surface area contributed by atoms with Gasteiger partial charge in [-0.3, -0.25) is 4.99 Å². The summed E-state index contributed by atoms with van der Waals surface area (Å²) >= 11 is 0. The average molecular weight is 434 g/mol. The molecule has 0 aliphatic carbocycles. The third kappa shape index (κ3) is 5.42. The van der Waals surface area contributed by atoms with Crippen molar-refractivity contribution in [3.8, 4) is 11.5 Å². The highest BCUT2D eigenvalue weighted by molar-refractivity contribution is 14.0. The Morgan fingerprint density at radius 2 is 2.00 bits per heavy atom. The SMILES string of the molecule is COc1ccc(C(CNC2=NCCCN2)N(C)C)cc1OC.I. The minimum atomic E-state index is 0. The molecule has 1 atom stereocenters. The van der Waals surface area contributed by atoms with E-state index in [1.807, 2.05) is 12.1 Å². The minimum absolute atomic E-state index is 0. The van der Waals surface area contributed by atoms with Crippen LogP contribution in [0.2, 0.25) is 0 Å². The molecule has 23 heavy (non-hydrogen) atoms. The van der Waals surface area contributed by atoms with Crippen molar-refractivity contribution in [2.45, 2.75) is 12.5 Å². The van der Waals surface area contributed by atoms with E-state index < -0.39 is 0 Å². The maximum atomic E-state index is 5.40. The third-order valence-electron chi connectivity index (χ3n) is 3.78. The molecule has 1 heterocycles. The highest BCUT2D eigenvalue weighted by Crippen LogP contribution is 2.31. The molecule has 0 aromatic heterocycles. The first-order chi connectivity index (χ1) is 10.7. The fourth-order valence-corrected chi connectivity index (χ4v) is 2.50. The predicted octanol–water partition coefficient (Wildman–Crippen LogP) is 1.86. The largest absolute Gasteiger partial charge is 0.493 e. The number of rotatable bonds is 6. The number of hydrogen-bond acceptors (Lipinski definition) is 6. The second-order valence-corrected chi connectivity index (χ2v) is 5.49. The first-order valence-corrected chi connectivity index (χ1v) is 7.56. The van der Waals surface area contributed by atoms with Crippen LogP contribution in [-0.4, -0.2) is 58.8 Å². The van der Waals surface area contributed by atoms with E-state index in [1.54, 1.807) is 14.2 Å². The van der Waals surface area contributed by atoms with Crippen molar-refractivity contribution in [3.63, 3.8) is 0 Å². The number of nitrogens with zero attached hydrogens (tertiary/aromatic N) is 2. The molecule has 7 heteroatoms. The van der Waals surface area contributed by atoms with Gasteiger partial charge >= 0.3 is 0 Å². The lowest BCUT2D eigenvalue weighted by Gasteiger charge is -2.27. The van der Waals surface area contributed by atoms with Gasteiger partial charge in [0.25, 0.3) is 0 Å². The summed E-state index contributed by atoms with van der Waals surface area (Å²) in [7, 11) is 7.44. The van der Waals surface area contributed by atoms with E-state index in [0.717, 1.165) is 43.5 Å². The van der Waals surface area contributed by atoms with Gasteiger partial charge in [-0.1, -0.05) is 6.07 Å². The molecule has 0 bridgehead atoms. The zero-order valence-electron chi connectivity index (χ0n) is 14.3. The zero-order valence-corrected chi connectivity index (χ0v) is 16.6. The Hall–Kier alpha value is -1.22. The van der Waals surface area contributed by atoms with Gasteiger partial charge in [0.2, 0.25) is 0 Å². The minimum Gasteiger partial charge on any atom is -0.493 e. The summed E-state index contributed by atoms with van der Waals surface area (Å²) in [6, 6.07) is 6.26. The Morgan fingerprint density at radius 1 is 1.26 bits per heavy atom. The van der Waals surface area contributed by atoms with Crippen LogP contribution >= 0.6 is 24.0 Å². The van der Waals surface area contributed by atoms with Crippen LogP contribution in [0.15, 0.2) is 23.2 Å². The number of nitrogens with one attached hydrogen (secondary N) is 2. The van der Waals surface area contributed by atoms with Gasteiger partial charge in [0.05, 0.1) is 20.3 Å². The summed E-state index contributed by atoms with van der Waals surface area (Å²) in [5.74, 6) is 2.38. The van der Waals surface area contributed by atoms with E-state index in [4.69, 9.17) is 9.47 Å². The van der Waals surface area contributed by atoms with Crippen LogP contribution in [0.3, 0.4) is 0 Å². The molecule has 1 aliphatic rings. The van der Waals surface area contributed by atoms with Gasteiger partial charge in [0.1, 0.15) is 0 Å². The molecular formula is C16H27IN4O2. The van der Waals surface area contributed by atoms with Crippen LogP contribution in [0.25, 0.3) is 0 Å². The Balaban J connectivity index is 0.00000264. The van der Waals surface area contributed by atoms with Gasteiger partial charge in [0, 0.05) is 19.6 Å². The molecular weight excluding hydrogens is 407 g/mol. The molecule has 0 amide bonds. The molecule has 0 saturated heterocycles. The Morgan fingerprint density at radius 3 is 2.57 bits per heavy atom. The molecule has 2 N–H and O–H groups in total. The zero-order chi connectivity index (χ0) is 15.9. The number of benzene rings is 1. The predicted molar refractivity (Wildman–Crippen MR) is 104 cm³/mol. The lowest BCUT2D eigenvalue weighted by molar-refractivity contribution is 0.295. The summed E-state index contributed by atoms with van der Waals surface area (Å²) in [5, 5.41) is 6.67. The van der Waals surface area contributed by atoms with Gasteiger partial charge in [-0.15, -0.1) is 24.0 Å². The molecule has 1 aromatic carbocycles. The maximum Gasteiger partial charge on any atom is 0.191 e. The van der Waals surface area contributed by atoms with Crippen LogP contribution in [-0.2, 0) is 0 Å². The van der Waals surface area contributed by atoms with Crippen LogP contribution in [0, 0.1) is 0 Å². The maximum absolute atomic E-state index is 5.40. The number of methoxy groups -OCH3 is 2. The van der Waals surface area contributed by atoms with E-state index in [1.165, 1.54) is 5.56 Å². The lowest BCUT2D eigenvalue weighted by atomic mass is 10.1. The molecule has 0 radical (unpaired) electrons. The summed E-state index contributed by atoms with van der Waals surface area (Å²) < 4.78 is 10.7. The van der Waals surface area contributed by atoms with Gasteiger partial charge in [0.15, 0.2) is 17.5 Å². The summed E-state index contributed by atoms with van der Waals surface area (Å²) in [6.45, 7) is 2.64. The standard InChI is InChI=1S/C16H26N4O2.HI/c1-20(2)13(11-19-16-17-8-5-9-18-16)12-6-7-14(21-3)15(10-12)22-4;/h6-7,10,13H,5,8-9,11H2,1-4H3,(H2,17,18,19);1H. The number of likely N-dealkylation sites (N-methyl/N-ethyl adjacent to an activating group) is 1. The normalized spacial score (nSPS) is 15.1. The van der Waals surface area contributed by atoms with E-state index in [9.17, 15) is 0 Å². The molecule has 6 nitrogen and oxygen atoms in total. The van der Waals surface area contributed by atoms with E-state index in [-0.39, 0.29) is 30.0 Å². The van der Waals surface area contributed by atoms with Crippen molar-refractivity contribution in [2.24, 2.45) is 4.99 Å². The average Bonchev–Trinajstić information content (AvgIpc) is 2.55. The molecule has 1 unspecified atom stereocenters. The molecule has 0 spiro atoms. The summed E-state index contributed by atoms with van der Waals surface area (Å²) in [6.07, 6.45) is 1.10. The Bertz CT molecular complexity index is 523.